The highest BCUT2D eigenvalue weighted by Crippen LogP contribution is 2.32. The molecule has 3 unspecified atom stereocenters. The van der Waals surface area contributed by atoms with Gasteiger partial charge in [0.1, 0.15) is 5.75 Å². The SMILES string of the molecule is COc1cccc(C(CNC(=O)C2CCCCC2(C)N)N2CCCC2)c1.Cl.Cl. The second-order valence-electron chi connectivity index (χ2n) is 8.08. The molecular weight excluding hydrogens is 397 g/mol. The van der Waals surface area contributed by atoms with Gasteiger partial charge in [0, 0.05) is 12.1 Å². The van der Waals surface area contributed by atoms with E-state index in [1.807, 2.05) is 19.1 Å². The van der Waals surface area contributed by atoms with E-state index in [1.165, 1.54) is 18.4 Å². The summed E-state index contributed by atoms with van der Waals surface area (Å²) in [5.41, 5.74) is 7.22. The van der Waals surface area contributed by atoms with Crippen LogP contribution in [0.25, 0.3) is 0 Å². The van der Waals surface area contributed by atoms with Crippen molar-refractivity contribution in [3.63, 3.8) is 0 Å². The summed E-state index contributed by atoms with van der Waals surface area (Å²) in [6.45, 7) is 4.81. The number of ether oxygens (including phenoxy) is 1. The predicted molar refractivity (Wildman–Crippen MR) is 119 cm³/mol. The maximum atomic E-state index is 12.9. The van der Waals surface area contributed by atoms with Crippen LogP contribution in [-0.4, -0.2) is 43.1 Å². The number of likely N-dealkylation sites (tertiary alicyclic amines) is 1. The van der Waals surface area contributed by atoms with Crippen molar-refractivity contribution < 1.29 is 9.53 Å². The highest BCUT2D eigenvalue weighted by molar-refractivity contribution is 5.85. The average molecular weight is 432 g/mol. The zero-order chi connectivity index (χ0) is 18.6. The molecule has 0 spiro atoms. The molecule has 1 aromatic carbocycles. The number of methoxy groups -OCH3 is 1. The molecule has 2 fully saturated rings. The summed E-state index contributed by atoms with van der Waals surface area (Å²) >= 11 is 0. The molecule has 1 saturated carbocycles. The van der Waals surface area contributed by atoms with Crippen molar-refractivity contribution in [3.05, 3.63) is 29.8 Å². The minimum Gasteiger partial charge on any atom is -0.497 e. The van der Waals surface area contributed by atoms with Crippen molar-refractivity contribution in [2.45, 2.75) is 57.0 Å². The number of rotatable bonds is 6. The van der Waals surface area contributed by atoms with Crippen LogP contribution in [0.5, 0.6) is 5.75 Å². The van der Waals surface area contributed by atoms with Crippen molar-refractivity contribution in [3.8, 4) is 5.75 Å². The van der Waals surface area contributed by atoms with E-state index < -0.39 is 0 Å². The zero-order valence-electron chi connectivity index (χ0n) is 17.0. The van der Waals surface area contributed by atoms with Crippen LogP contribution in [0, 0.1) is 5.92 Å². The number of nitrogens with two attached hydrogens (primary N) is 1. The Balaban J connectivity index is 0.00000196. The minimum atomic E-state index is -0.387. The number of nitrogens with one attached hydrogen (secondary N) is 1. The second kappa shape index (κ2) is 11.2. The number of carbonyl (C=O) groups is 1. The molecule has 0 aromatic heterocycles. The maximum absolute atomic E-state index is 12.9. The van der Waals surface area contributed by atoms with Crippen molar-refractivity contribution in [2.24, 2.45) is 11.7 Å². The van der Waals surface area contributed by atoms with Gasteiger partial charge in [-0.15, -0.1) is 24.8 Å². The predicted octanol–water partition coefficient (Wildman–Crippen LogP) is 3.70. The first-order chi connectivity index (χ1) is 12.5. The third-order valence-electron chi connectivity index (χ3n) is 6.10. The molecule has 3 rings (SSSR count). The summed E-state index contributed by atoms with van der Waals surface area (Å²) in [6, 6.07) is 8.39. The smallest absolute Gasteiger partial charge is 0.225 e. The Hall–Kier alpha value is -1.01. The highest BCUT2D eigenvalue weighted by atomic mass is 35.5. The number of halogens is 2. The number of hydrogen-bond donors (Lipinski definition) is 2. The Morgan fingerprint density at radius 3 is 2.64 bits per heavy atom. The fourth-order valence-electron chi connectivity index (χ4n) is 4.47. The van der Waals surface area contributed by atoms with Crippen molar-refractivity contribution in [1.82, 2.24) is 10.2 Å². The van der Waals surface area contributed by atoms with Gasteiger partial charge in [0.25, 0.3) is 0 Å². The molecule has 1 aliphatic heterocycles. The standard InChI is InChI=1S/C21H33N3O2.2ClH/c1-21(22)11-4-3-10-18(21)20(25)23-15-19(24-12-5-6-13-24)16-8-7-9-17(14-16)26-2;;/h7-9,14,18-19H,3-6,10-13,15,22H2,1-2H3,(H,23,25);2*1H. The third-order valence-corrected chi connectivity index (χ3v) is 6.10. The molecule has 0 bridgehead atoms. The lowest BCUT2D eigenvalue weighted by molar-refractivity contribution is -0.128. The van der Waals surface area contributed by atoms with Crippen molar-refractivity contribution in [2.75, 3.05) is 26.7 Å². The molecular formula is C21H35Cl2N3O2. The number of nitrogens with zero attached hydrogens (tertiary/aromatic N) is 1. The van der Waals surface area contributed by atoms with Crippen LogP contribution in [-0.2, 0) is 4.79 Å². The van der Waals surface area contributed by atoms with Crippen LogP contribution in [0.2, 0.25) is 0 Å². The van der Waals surface area contributed by atoms with Gasteiger partial charge >= 0.3 is 0 Å². The van der Waals surface area contributed by atoms with E-state index in [0.717, 1.165) is 44.5 Å². The third kappa shape index (κ3) is 5.99. The first-order valence-corrected chi connectivity index (χ1v) is 9.96. The number of benzene rings is 1. The van der Waals surface area contributed by atoms with E-state index in [1.54, 1.807) is 7.11 Å². The lowest BCUT2D eigenvalue weighted by atomic mass is 9.74. The van der Waals surface area contributed by atoms with Crippen LogP contribution < -0.4 is 15.8 Å². The Kier molecular flexibility index (Phi) is 10.1. The van der Waals surface area contributed by atoms with Gasteiger partial charge in [-0.2, -0.15) is 0 Å². The summed E-state index contributed by atoms with van der Waals surface area (Å²) in [5.74, 6) is 0.891. The molecule has 1 saturated heterocycles. The molecule has 1 aliphatic carbocycles. The molecule has 1 amide bonds. The topological polar surface area (TPSA) is 67.6 Å². The van der Waals surface area contributed by atoms with E-state index in [0.29, 0.717) is 6.54 Å². The van der Waals surface area contributed by atoms with Gasteiger partial charge in [0.05, 0.1) is 19.1 Å². The van der Waals surface area contributed by atoms with Crippen molar-refractivity contribution >= 4 is 30.7 Å². The summed E-state index contributed by atoms with van der Waals surface area (Å²) in [7, 11) is 1.69. The van der Waals surface area contributed by atoms with Gasteiger partial charge in [0.15, 0.2) is 0 Å². The minimum absolute atomic E-state index is 0. The summed E-state index contributed by atoms with van der Waals surface area (Å²) in [5, 5.41) is 3.22. The molecule has 28 heavy (non-hydrogen) atoms. The van der Waals surface area contributed by atoms with Gasteiger partial charge in [0.2, 0.25) is 5.91 Å². The average Bonchev–Trinajstić information content (AvgIpc) is 3.16. The van der Waals surface area contributed by atoms with Crippen LogP contribution in [0.4, 0.5) is 0 Å². The monoisotopic (exact) mass is 431 g/mol. The fourth-order valence-corrected chi connectivity index (χ4v) is 4.47. The number of hydrogen-bond acceptors (Lipinski definition) is 4. The fraction of sp³-hybridized carbons (Fsp3) is 0.667. The van der Waals surface area contributed by atoms with Gasteiger partial charge in [-0.1, -0.05) is 25.0 Å². The van der Waals surface area contributed by atoms with Crippen LogP contribution in [0.3, 0.4) is 0 Å². The zero-order valence-corrected chi connectivity index (χ0v) is 18.6. The molecule has 160 valence electrons. The lowest BCUT2D eigenvalue weighted by Crippen LogP contribution is -2.53. The van der Waals surface area contributed by atoms with E-state index in [9.17, 15) is 4.79 Å². The van der Waals surface area contributed by atoms with E-state index in [-0.39, 0.29) is 48.2 Å². The Morgan fingerprint density at radius 1 is 1.29 bits per heavy atom. The van der Waals surface area contributed by atoms with E-state index in [2.05, 4.69) is 22.3 Å². The van der Waals surface area contributed by atoms with Gasteiger partial charge in [-0.25, -0.2) is 0 Å². The quantitative estimate of drug-likeness (QED) is 0.720. The van der Waals surface area contributed by atoms with Crippen LogP contribution >= 0.6 is 24.8 Å². The molecule has 1 aromatic rings. The number of carbonyl (C=O) groups excluding carboxylic acids is 1. The molecule has 2 aliphatic rings. The number of amides is 1. The summed E-state index contributed by atoms with van der Waals surface area (Å²) in [6.07, 6.45) is 6.48. The highest BCUT2D eigenvalue weighted by Gasteiger charge is 2.38. The largest absolute Gasteiger partial charge is 0.497 e. The first kappa shape index (κ1) is 25.0. The van der Waals surface area contributed by atoms with Gasteiger partial charge in [-0.3, -0.25) is 9.69 Å². The van der Waals surface area contributed by atoms with E-state index in [4.69, 9.17) is 10.5 Å². The van der Waals surface area contributed by atoms with Crippen molar-refractivity contribution in [1.29, 1.82) is 0 Å². The van der Waals surface area contributed by atoms with Gasteiger partial charge in [-0.05, 0) is 63.4 Å². The second-order valence-corrected chi connectivity index (χ2v) is 8.08. The Morgan fingerprint density at radius 2 is 2.00 bits per heavy atom. The molecule has 5 nitrogen and oxygen atoms in total. The first-order valence-electron chi connectivity index (χ1n) is 9.96. The van der Waals surface area contributed by atoms with E-state index >= 15 is 0 Å². The lowest BCUT2D eigenvalue weighted by Gasteiger charge is -2.38. The molecule has 0 radical (unpaired) electrons. The normalized spacial score (nSPS) is 25.9. The molecule has 7 heteroatoms. The molecule has 1 heterocycles. The van der Waals surface area contributed by atoms with Gasteiger partial charge < -0.3 is 15.8 Å². The van der Waals surface area contributed by atoms with Crippen LogP contribution in [0.15, 0.2) is 24.3 Å². The summed E-state index contributed by atoms with van der Waals surface area (Å²) < 4.78 is 5.39. The Bertz CT molecular complexity index is 621. The summed E-state index contributed by atoms with van der Waals surface area (Å²) in [4.78, 5) is 15.3. The molecule has 3 atom stereocenters. The Labute approximate surface area is 181 Å². The van der Waals surface area contributed by atoms with Crippen LogP contribution in [0.1, 0.15) is 57.1 Å². The maximum Gasteiger partial charge on any atom is 0.225 e. The molecule has 3 N–H and O–H groups in total.